The molecule has 0 saturated heterocycles. The molecule has 0 heterocycles. The van der Waals surface area contributed by atoms with Crippen LogP contribution >= 0.6 is 11.6 Å². The Hall–Kier alpha value is -1.55. The lowest BCUT2D eigenvalue weighted by atomic mass is 10.1. The minimum absolute atomic E-state index is 0.175. The van der Waals surface area contributed by atoms with E-state index in [9.17, 15) is 9.59 Å². The normalized spacial score (nSPS) is 23.2. The second-order valence-corrected chi connectivity index (χ2v) is 5.01. The molecule has 1 aromatic rings. The van der Waals surface area contributed by atoms with Crippen molar-refractivity contribution in [2.24, 2.45) is 11.8 Å². The largest absolute Gasteiger partial charge is 0.481 e. The lowest BCUT2D eigenvalue weighted by Gasteiger charge is -2.14. The molecular weight excluding hydrogens is 254 g/mol. The van der Waals surface area contributed by atoms with E-state index in [1.807, 2.05) is 19.1 Å². The maximum atomic E-state index is 11.8. The Labute approximate surface area is 110 Å². The van der Waals surface area contributed by atoms with E-state index in [-0.39, 0.29) is 17.9 Å². The van der Waals surface area contributed by atoms with Crippen LogP contribution in [0.3, 0.4) is 0 Å². The van der Waals surface area contributed by atoms with Crippen LogP contribution in [0.5, 0.6) is 0 Å². The Balaban J connectivity index is 1.94. The summed E-state index contributed by atoms with van der Waals surface area (Å²) < 4.78 is 0. The summed E-state index contributed by atoms with van der Waals surface area (Å²) >= 11 is 5.87. The maximum Gasteiger partial charge on any atom is 0.307 e. The van der Waals surface area contributed by atoms with Crippen LogP contribution in [-0.4, -0.2) is 17.0 Å². The second kappa shape index (κ2) is 4.98. The van der Waals surface area contributed by atoms with E-state index in [2.05, 4.69) is 5.32 Å². The van der Waals surface area contributed by atoms with Crippen LogP contribution < -0.4 is 5.32 Å². The molecule has 96 valence electrons. The molecule has 0 spiro atoms. The number of carbonyl (C=O) groups is 2. The van der Waals surface area contributed by atoms with E-state index in [0.717, 1.165) is 5.56 Å². The molecule has 3 atom stereocenters. The first-order valence-electron chi connectivity index (χ1n) is 5.77. The Kier molecular flexibility index (Phi) is 3.57. The number of nitrogens with one attached hydrogen (secondary N) is 1. The van der Waals surface area contributed by atoms with Crippen molar-refractivity contribution in [3.8, 4) is 0 Å². The Bertz CT molecular complexity index is 489. The molecule has 3 unspecified atom stereocenters. The number of carbonyl (C=O) groups excluding carboxylic acids is 1. The van der Waals surface area contributed by atoms with Gasteiger partial charge < -0.3 is 10.4 Å². The average molecular weight is 268 g/mol. The molecule has 1 amide bonds. The molecule has 1 fully saturated rings. The molecule has 0 bridgehead atoms. The highest BCUT2D eigenvalue weighted by Crippen LogP contribution is 2.39. The minimum atomic E-state index is -0.898. The van der Waals surface area contributed by atoms with Gasteiger partial charge in [0.25, 0.3) is 0 Å². The number of carboxylic acids is 1. The number of rotatable bonds is 4. The van der Waals surface area contributed by atoms with Crippen molar-refractivity contribution >= 4 is 23.5 Å². The molecule has 0 aromatic heterocycles. The molecule has 1 aromatic carbocycles. The second-order valence-electron chi connectivity index (χ2n) is 4.57. The van der Waals surface area contributed by atoms with Crippen LogP contribution in [0.25, 0.3) is 0 Å². The first-order chi connectivity index (χ1) is 8.49. The molecule has 18 heavy (non-hydrogen) atoms. The summed E-state index contributed by atoms with van der Waals surface area (Å²) in [7, 11) is 0. The minimum Gasteiger partial charge on any atom is -0.481 e. The summed E-state index contributed by atoms with van der Waals surface area (Å²) in [6.45, 7) is 1.85. The number of carboxylic acid groups (broad SMARTS) is 1. The smallest absolute Gasteiger partial charge is 0.307 e. The van der Waals surface area contributed by atoms with Crippen LogP contribution in [0, 0.1) is 11.8 Å². The van der Waals surface area contributed by atoms with Crippen LogP contribution in [-0.2, 0) is 9.59 Å². The molecule has 0 radical (unpaired) electrons. The molecular formula is C13H14ClNO3. The zero-order valence-electron chi connectivity index (χ0n) is 9.89. The highest BCUT2D eigenvalue weighted by molar-refractivity contribution is 6.30. The molecule has 4 nitrogen and oxygen atoms in total. The molecule has 1 aliphatic carbocycles. The third kappa shape index (κ3) is 2.82. The van der Waals surface area contributed by atoms with E-state index < -0.39 is 11.9 Å². The van der Waals surface area contributed by atoms with Gasteiger partial charge in [0.1, 0.15) is 0 Å². The van der Waals surface area contributed by atoms with Crippen molar-refractivity contribution in [2.45, 2.75) is 19.4 Å². The molecule has 5 heteroatoms. The predicted molar refractivity (Wildman–Crippen MR) is 67.2 cm³/mol. The topological polar surface area (TPSA) is 66.4 Å². The van der Waals surface area contributed by atoms with E-state index in [4.69, 9.17) is 16.7 Å². The number of benzene rings is 1. The number of halogens is 1. The lowest BCUT2D eigenvalue weighted by Crippen LogP contribution is -2.29. The first kappa shape index (κ1) is 12.9. The molecule has 0 aliphatic heterocycles. The summed E-state index contributed by atoms with van der Waals surface area (Å²) in [6, 6.07) is 7.07. The highest BCUT2D eigenvalue weighted by Gasteiger charge is 2.48. The molecule has 2 rings (SSSR count). The molecule has 1 aliphatic rings. The van der Waals surface area contributed by atoms with Gasteiger partial charge in [-0.1, -0.05) is 23.7 Å². The quantitative estimate of drug-likeness (QED) is 0.879. The lowest BCUT2D eigenvalue weighted by molar-refractivity contribution is -0.140. The van der Waals surface area contributed by atoms with E-state index in [1.54, 1.807) is 12.1 Å². The fourth-order valence-electron chi connectivity index (χ4n) is 1.94. The average Bonchev–Trinajstić information content (AvgIpc) is 3.08. The fraction of sp³-hybridized carbons (Fsp3) is 0.385. The SMILES string of the molecule is CC(NC(=O)C1CC1C(=O)O)c1cccc(Cl)c1. The van der Waals surface area contributed by atoms with Gasteiger partial charge in [-0.2, -0.15) is 0 Å². The highest BCUT2D eigenvalue weighted by atomic mass is 35.5. The number of hydrogen-bond donors (Lipinski definition) is 2. The van der Waals surface area contributed by atoms with Crippen LogP contribution in [0.15, 0.2) is 24.3 Å². The van der Waals surface area contributed by atoms with Crippen molar-refractivity contribution in [1.82, 2.24) is 5.32 Å². The van der Waals surface area contributed by atoms with Gasteiger partial charge in [-0.3, -0.25) is 9.59 Å². The van der Waals surface area contributed by atoms with E-state index in [0.29, 0.717) is 11.4 Å². The number of hydrogen-bond acceptors (Lipinski definition) is 2. The first-order valence-corrected chi connectivity index (χ1v) is 6.15. The van der Waals surface area contributed by atoms with Crippen molar-refractivity contribution in [1.29, 1.82) is 0 Å². The summed E-state index contributed by atoms with van der Waals surface area (Å²) in [5, 5.41) is 12.2. The van der Waals surface area contributed by atoms with Gasteiger partial charge in [0.15, 0.2) is 0 Å². The van der Waals surface area contributed by atoms with Gasteiger partial charge in [0.2, 0.25) is 5.91 Å². The summed E-state index contributed by atoms with van der Waals surface area (Å²) in [4.78, 5) is 22.5. The van der Waals surface area contributed by atoms with Gasteiger partial charge in [-0.25, -0.2) is 0 Å². The monoisotopic (exact) mass is 267 g/mol. The van der Waals surface area contributed by atoms with Crippen LogP contribution in [0.2, 0.25) is 5.02 Å². The predicted octanol–water partition coefficient (Wildman–Crippen LogP) is 2.24. The maximum absolute atomic E-state index is 11.8. The van der Waals surface area contributed by atoms with Gasteiger partial charge >= 0.3 is 5.97 Å². The van der Waals surface area contributed by atoms with Crippen LogP contribution in [0.1, 0.15) is 24.9 Å². The van der Waals surface area contributed by atoms with Crippen molar-refractivity contribution in [3.05, 3.63) is 34.9 Å². The van der Waals surface area contributed by atoms with E-state index in [1.165, 1.54) is 0 Å². The van der Waals surface area contributed by atoms with E-state index >= 15 is 0 Å². The fourth-order valence-corrected chi connectivity index (χ4v) is 2.14. The Morgan fingerprint density at radius 1 is 1.44 bits per heavy atom. The van der Waals surface area contributed by atoms with Crippen LogP contribution in [0.4, 0.5) is 0 Å². The van der Waals surface area contributed by atoms with Gasteiger partial charge in [-0.15, -0.1) is 0 Å². The summed E-state index contributed by atoms with van der Waals surface area (Å²) in [5.41, 5.74) is 0.906. The standard InChI is InChI=1S/C13H14ClNO3/c1-7(8-3-2-4-9(14)5-8)15-12(16)10-6-11(10)13(17)18/h2-5,7,10-11H,6H2,1H3,(H,15,16)(H,17,18). The zero-order valence-corrected chi connectivity index (χ0v) is 10.6. The van der Waals surface area contributed by atoms with Crippen molar-refractivity contribution < 1.29 is 14.7 Å². The van der Waals surface area contributed by atoms with Gasteiger partial charge in [0, 0.05) is 5.02 Å². The number of aliphatic carboxylic acids is 1. The third-order valence-corrected chi connectivity index (χ3v) is 3.39. The van der Waals surface area contributed by atoms with Crippen molar-refractivity contribution in [2.75, 3.05) is 0 Å². The summed E-state index contributed by atoms with van der Waals surface area (Å²) in [6.07, 6.45) is 0.434. The van der Waals surface area contributed by atoms with Crippen molar-refractivity contribution in [3.63, 3.8) is 0 Å². The Morgan fingerprint density at radius 2 is 2.17 bits per heavy atom. The zero-order chi connectivity index (χ0) is 13.3. The molecule has 1 saturated carbocycles. The number of amides is 1. The Morgan fingerprint density at radius 3 is 2.72 bits per heavy atom. The summed E-state index contributed by atoms with van der Waals surface area (Å²) in [5.74, 6) is -2.00. The third-order valence-electron chi connectivity index (χ3n) is 3.15. The molecule has 2 N–H and O–H groups in total. The van der Waals surface area contributed by atoms with Gasteiger partial charge in [-0.05, 0) is 31.0 Å². The van der Waals surface area contributed by atoms with Gasteiger partial charge in [0.05, 0.1) is 17.9 Å².